The lowest BCUT2D eigenvalue weighted by Gasteiger charge is -2.54. The molecule has 8 radical (unpaired) electrons. The van der Waals surface area contributed by atoms with Crippen LogP contribution in [0.25, 0.3) is 11.0 Å². The van der Waals surface area contributed by atoms with Crippen molar-refractivity contribution in [1.29, 1.82) is 0 Å². The van der Waals surface area contributed by atoms with Crippen LogP contribution in [0.15, 0.2) is 17.1 Å². The number of pyridine rings is 1. The molecule has 0 amide bonds. The van der Waals surface area contributed by atoms with E-state index in [9.17, 15) is 13.6 Å². The standard InChI is InChI=1S/C20H23B4F2N5OS/c1-10-4-3-5-13(10)31-15-11(6-12(14(25)26)16(31)32)7-27-18(28-15)29-17-19(21,22)8-30(33-2)9-20(17,23)24/h6-7,10,13-14,17H,3-5,8-9H2,1-2H3,(H,27,28,29). The molecule has 1 aliphatic heterocycles. The molecule has 0 spiro atoms. The first kappa shape index (κ1) is 24.6. The van der Waals surface area contributed by atoms with Crippen LogP contribution in [0.3, 0.4) is 0 Å². The van der Waals surface area contributed by atoms with Crippen LogP contribution in [0.2, 0.25) is 10.4 Å². The molecule has 6 nitrogen and oxygen atoms in total. The van der Waals surface area contributed by atoms with Crippen molar-refractivity contribution in [3.8, 4) is 0 Å². The quantitative estimate of drug-likeness (QED) is 0.544. The van der Waals surface area contributed by atoms with E-state index in [4.69, 9.17) is 31.4 Å². The van der Waals surface area contributed by atoms with Crippen LogP contribution in [0.5, 0.6) is 0 Å². The van der Waals surface area contributed by atoms with Gasteiger partial charge in [0.1, 0.15) is 5.65 Å². The Hall–Kier alpha value is -1.48. The second-order valence-electron chi connectivity index (χ2n) is 9.31. The monoisotopic (exact) mass is 463 g/mol. The Bertz CT molecular complexity index is 1080. The van der Waals surface area contributed by atoms with Crippen LogP contribution in [0.1, 0.15) is 44.2 Å². The van der Waals surface area contributed by atoms with Gasteiger partial charge in [-0.25, -0.2) is 13.8 Å². The van der Waals surface area contributed by atoms with Crippen LogP contribution in [-0.4, -0.2) is 75.6 Å². The number of nitrogens with one attached hydrogen (secondary N) is 1. The van der Waals surface area contributed by atoms with Crippen LogP contribution in [0.4, 0.5) is 14.7 Å². The maximum absolute atomic E-state index is 13.6. The zero-order valence-corrected chi connectivity index (χ0v) is 19.5. The molecule has 2 unspecified atom stereocenters. The molecule has 166 valence electrons. The van der Waals surface area contributed by atoms with Gasteiger partial charge in [0, 0.05) is 36.8 Å². The Balaban J connectivity index is 1.79. The fraction of sp³-hybridized carbons (Fsp3) is 0.650. The third-order valence-corrected chi connectivity index (χ3v) is 7.47. The SMILES string of the molecule is [B]C1([B])CN(SC)CC([B])([B])C1Nc1ncc2cc(C(F)F)c(=O)n(C3CCCC3C)c2n1. The number of hydrogen-bond donors (Lipinski definition) is 1. The van der Waals surface area contributed by atoms with Gasteiger partial charge in [0.15, 0.2) is 0 Å². The topological polar surface area (TPSA) is 63.1 Å². The first-order valence-corrected chi connectivity index (χ1v) is 12.0. The Labute approximate surface area is 201 Å². The summed E-state index contributed by atoms with van der Waals surface area (Å²) in [5.74, 6) is 0.275. The molecule has 3 heterocycles. The highest BCUT2D eigenvalue weighted by molar-refractivity contribution is 7.96. The number of fused-ring (bicyclic) bond motifs is 1. The Morgan fingerprint density at radius 1 is 1.21 bits per heavy atom. The maximum Gasteiger partial charge on any atom is 0.269 e. The van der Waals surface area contributed by atoms with Crippen LogP contribution in [0, 0.1) is 5.92 Å². The van der Waals surface area contributed by atoms with Gasteiger partial charge in [0.2, 0.25) is 5.95 Å². The van der Waals surface area contributed by atoms with Crippen LogP contribution in [-0.2, 0) is 0 Å². The largest absolute Gasteiger partial charge is 0.353 e. The maximum atomic E-state index is 13.6. The zero-order chi connectivity index (χ0) is 24.1. The minimum Gasteiger partial charge on any atom is -0.353 e. The van der Waals surface area contributed by atoms with Crippen molar-refractivity contribution in [2.75, 3.05) is 24.7 Å². The third-order valence-electron chi connectivity index (χ3n) is 6.69. The van der Waals surface area contributed by atoms with E-state index in [-0.39, 0.29) is 23.6 Å². The minimum atomic E-state index is -2.89. The van der Waals surface area contributed by atoms with E-state index in [0.717, 1.165) is 18.9 Å². The normalized spacial score (nSPS) is 25.6. The fourth-order valence-electron chi connectivity index (χ4n) is 5.06. The van der Waals surface area contributed by atoms with E-state index < -0.39 is 34.0 Å². The van der Waals surface area contributed by atoms with Gasteiger partial charge in [0.05, 0.1) is 36.9 Å². The summed E-state index contributed by atoms with van der Waals surface area (Å²) >= 11 is 1.44. The van der Waals surface area contributed by atoms with E-state index in [1.807, 2.05) is 17.5 Å². The van der Waals surface area contributed by atoms with Gasteiger partial charge >= 0.3 is 0 Å². The highest BCUT2D eigenvalue weighted by Crippen LogP contribution is 2.45. The smallest absolute Gasteiger partial charge is 0.269 e. The van der Waals surface area contributed by atoms with Gasteiger partial charge in [0.25, 0.3) is 12.0 Å². The lowest BCUT2D eigenvalue weighted by atomic mass is 9.36. The second kappa shape index (κ2) is 8.95. The molecule has 13 heteroatoms. The Morgan fingerprint density at radius 3 is 2.42 bits per heavy atom. The summed E-state index contributed by atoms with van der Waals surface area (Å²) in [5.41, 5.74) is -1.00. The first-order chi connectivity index (χ1) is 15.4. The van der Waals surface area contributed by atoms with Crippen molar-refractivity contribution in [1.82, 2.24) is 18.8 Å². The number of halogens is 2. The lowest BCUT2D eigenvalue weighted by molar-refractivity contribution is 0.148. The molecule has 1 saturated carbocycles. The molecule has 1 N–H and O–H groups in total. The minimum absolute atomic E-state index is 0.120. The number of rotatable bonds is 5. The zero-order valence-electron chi connectivity index (χ0n) is 18.7. The van der Waals surface area contributed by atoms with E-state index in [1.54, 1.807) is 0 Å². The summed E-state index contributed by atoms with van der Waals surface area (Å²) < 4.78 is 30.5. The Kier molecular flexibility index (Phi) is 6.68. The van der Waals surface area contributed by atoms with Crippen molar-refractivity contribution in [3.05, 3.63) is 28.2 Å². The summed E-state index contributed by atoms with van der Waals surface area (Å²) in [6.07, 6.45) is 2.93. The van der Waals surface area contributed by atoms with E-state index in [1.165, 1.54) is 22.7 Å². The molecular weight excluding hydrogens is 440 g/mol. The number of nitrogens with zero attached hydrogens (tertiary/aromatic N) is 4. The highest BCUT2D eigenvalue weighted by atomic mass is 32.2. The highest BCUT2D eigenvalue weighted by Gasteiger charge is 2.45. The van der Waals surface area contributed by atoms with Crippen LogP contribution >= 0.6 is 11.9 Å². The van der Waals surface area contributed by atoms with E-state index in [2.05, 4.69) is 15.3 Å². The molecule has 2 aromatic rings. The number of anilines is 1. The molecule has 33 heavy (non-hydrogen) atoms. The lowest BCUT2D eigenvalue weighted by Crippen LogP contribution is -2.58. The van der Waals surface area contributed by atoms with Gasteiger partial charge in [-0.05, 0) is 31.1 Å². The van der Waals surface area contributed by atoms with Crippen molar-refractivity contribution in [3.63, 3.8) is 0 Å². The van der Waals surface area contributed by atoms with Gasteiger partial charge in [-0.3, -0.25) is 13.7 Å². The van der Waals surface area contributed by atoms with Crippen LogP contribution < -0.4 is 10.9 Å². The number of alkyl halides is 2. The molecule has 2 aliphatic rings. The summed E-state index contributed by atoms with van der Waals surface area (Å²) in [5, 5.41) is 0.808. The Morgan fingerprint density at radius 2 is 1.88 bits per heavy atom. The van der Waals surface area contributed by atoms with Gasteiger partial charge in [-0.1, -0.05) is 35.7 Å². The number of piperidine rings is 1. The molecule has 2 aromatic heterocycles. The van der Waals surface area contributed by atoms with E-state index >= 15 is 0 Å². The van der Waals surface area contributed by atoms with Crippen molar-refractivity contribution in [2.24, 2.45) is 5.92 Å². The average molecular weight is 463 g/mol. The number of aromatic nitrogens is 3. The fourth-order valence-corrected chi connectivity index (χ4v) is 5.77. The van der Waals surface area contributed by atoms with Gasteiger partial charge in [-0.2, -0.15) is 4.98 Å². The van der Waals surface area contributed by atoms with Crippen molar-refractivity contribution < 1.29 is 8.78 Å². The van der Waals surface area contributed by atoms with Gasteiger partial charge in [-0.15, -0.1) is 0 Å². The first-order valence-electron chi connectivity index (χ1n) is 10.9. The molecule has 4 rings (SSSR count). The summed E-state index contributed by atoms with van der Waals surface area (Å²) in [7, 11) is 25.4. The molecule has 1 saturated heterocycles. The summed E-state index contributed by atoms with van der Waals surface area (Å²) in [4.78, 5) is 21.8. The second-order valence-corrected chi connectivity index (χ2v) is 10.2. The average Bonchev–Trinajstić information content (AvgIpc) is 3.14. The van der Waals surface area contributed by atoms with Crippen molar-refractivity contribution in [2.45, 2.75) is 55.1 Å². The molecule has 1 aliphatic carbocycles. The summed E-state index contributed by atoms with van der Waals surface area (Å²) in [6, 6.07) is 0.139. The van der Waals surface area contributed by atoms with E-state index in [0.29, 0.717) is 24.9 Å². The molecule has 2 atom stereocenters. The molecular formula is C20H23B4F2N5OS. The summed E-state index contributed by atoms with van der Waals surface area (Å²) in [6.45, 7) is 2.65. The third kappa shape index (κ3) is 4.59. The van der Waals surface area contributed by atoms with Gasteiger partial charge < -0.3 is 5.32 Å². The molecule has 0 aromatic carbocycles. The molecule has 0 bridgehead atoms. The number of hydrogen-bond acceptors (Lipinski definition) is 6. The predicted octanol–water partition coefficient (Wildman–Crippen LogP) is 2.37. The molecule has 2 fully saturated rings. The van der Waals surface area contributed by atoms with Crippen molar-refractivity contribution >= 4 is 60.3 Å². The predicted molar refractivity (Wildman–Crippen MR) is 132 cm³/mol.